The van der Waals surface area contributed by atoms with Gasteiger partial charge in [0.15, 0.2) is 0 Å². The van der Waals surface area contributed by atoms with Crippen molar-refractivity contribution in [2.75, 3.05) is 0 Å². The molecule has 4 nitrogen and oxygen atoms in total. The quantitative estimate of drug-likeness (QED) is 0.261. The second-order valence-corrected chi connectivity index (χ2v) is 12.2. The fourth-order valence-electron chi connectivity index (χ4n) is 8.82. The standard InChI is InChI=1S/C36H54N4.Zn/c1-9-21-22(10-2)30-18-32-25(13-5)26(14-6)34(39-32)20-36-28(16-8)27(15-7)35(40-36)19-33-24(12-4)23(11-3)31(38-33)17-29(21)37-30;/h29-30,35-37,40H,9-20H2,1-8H3;/q-2;+2. The van der Waals surface area contributed by atoms with Gasteiger partial charge in [0.2, 0.25) is 0 Å². The van der Waals surface area contributed by atoms with Crippen LogP contribution in [0.1, 0.15) is 126 Å². The third-order valence-electron chi connectivity index (χ3n) is 10.5. The minimum absolute atomic E-state index is 0. The van der Waals surface area contributed by atoms with Crippen molar-refractivity contribution in [3.05, 3.63) is 67.3 Å². The predicted molar refractivity (Wildman–Crippen MR) is 168 cm³/mol. The van der Waals surface area contributed by atoms with Crippen molar-refractivity contribution >= 4 is 0 Å². The SMILES string of the molecule is CCC1=C(CC)C2Cc3[n-]c(c(CC)c3CC)CC3NC(Cc4[n-]c(c(CC)c4CC)CC1N2)C(CC)=C3CC.[Zn+2]. The topological polar surface area (TPSA) is 52.3 Å². The molecular weight excluding hydrogens is 554 g/mol. The van der Waals surface area contributed by atoms with Gasteiger partial charge in [0.1, 0.15) is 0 Å². The van der Waals surface area contributed by atoms with Crippen LogP contribution in [-0.4, -0.2) is 24.2 Å². The zero-order chi connectivity index (χ0) is 28.6. The number of aromatic nitrogens is 2. The molecule has 0 saturated carbocycles. The van der Waals surface area contributed by atoms with E-state index in [9.17, 15) is 0 Å². The molecule has 5 rings (SSSR count). The number of hydrogen-bond donors (Lipinski definition) is 2. The van der Waals surface area contributed by atoms with Gasteiger partial charge in [-0.15, -0.1) is 0 Å². The fraction of sp³-hybridized carbons (Fsp3) is 0.667. The molecule has 0 radical (unpaired) electrons. The summed E-state index contributed by atoms with van der Waals surface area (Å²) in [5, 5.41) is 8.28. The van der Waals surface area contributed by atoms with E-state index in [1.807, 2.05) is 0 Å². The van der Waals surface area contributed by atoms with Crippen molar-refractivity contribution in [2.24, 2.45) is 0 Å². The molecule has 4 unspecified atom stereocenters. The predicted octanol–water partition coefficient (Wildman–Crippen LogP) is 6.65. The average molecular weight is 608 g/mol. The van der Waals surface area contributed by atoms with Crippen LogP contribution in [0.2, 0.25) is 0 Å². The molecule has 5 heteroatoms. The van der Waals surface area contributed by atoms with Crippen LogP contribution < -0.4 is 20.6 Å². The minimum Gasteiger partial charge on any atom is -0.664 e. The van der Waals surface area contributed by atoms with E-state index in [0.29, 0.717) is 24.2 Å². The van der Waals surface area contributed by atoms with Crippen molar-refractivity contribution in [2.45, 2.75) is 157 Å². The maximum absolute atomic E-state index is 5.48. The summed E-state index contributed by atoms with van der Waals surface area (Å²) in [6.07, 6.45) is 12.8. The number of rotatable bonds is 8. The Bertz CT molecular complexity index is 1090. The molecule has 4 atom stereocenters. The summed E-state index contributed by atoms with van der Waals surface area (Å²) in [6.45, 7) is 18.7. The minimum atomic E-state index is 0. The summed E-state index contributed by atoms with van der Waals surface area (Å²) in [4.78, 5) is 11.0. The van der Waals surface area contributed by atoms with E-state index < -0.39 is 0 Å². The number of fused-ring (bicyclic) bond motifs is 8. The Morgan fingerprint density at radius 1 is 0.415 bits per heavy atom. The molecule has 220 valence electrons. The zero-order valence-electron chi connectivity index (χ0n) is 27.4. The second kappa shape index (κ2) is 13.9. The molecule has 2 N–H and O–H groups in total. The first-order chi connectivity index (χ1) is 19.5. The van der Waals surface area contributed by atoms with E-state index >= 15 is 0 Å². The average Bonchev–Trinajstić information content (AvgIpc) is 3.67. The first kappa shape index (κ1) is 32.5. The van der Waals surface area contributed by atoms with E-state index in [2.05, 4.69) is 66.0 Å². The third-order valence-corrected chi connectivity index (χ3v) is 10.5. The Labute approximate surface area is 263 Å². The summed E-state index contributed by atoms with van der Waals surface area (Å²) >= 11 is 0. The number of hydrogen-bond acceptors (Lipinski definition) is 2. The largest absolute Gasteiger partial charge is 2.00 e. The van der Waals surface area contributed by atoms with Crippen LogP contribution in [0.5, 0.6) is 0 Å². The number of nitrogens with zero attached hydrogens (tertiary/aromatic N) is 2. The molecule has 0 aromatic carbocycles. The van der Waals surface area contributed by atoms with Gasteiger partial charge in [-0.25, -0.2) is 0 Å². The van der Waals surface area contributed by atoms with Crippen LogP contribution in [0.25, 0.3) is 0 Å². The molecule has 8 bridgehead atoms. The summed E-state index contributed by atoms with van der Waals surface area (Å²) in [5.41, 5.74) is 18.0. The smallest absolute Gasteiger partial charge is 0.664 e. The van der Waals surface area contributed by atoms with E-state index in [0.717, 1.165) is 77.0 Å². The van der Waals surface area contributed by atoms with Gasteiger partial charge in [-0.3, -0.25) is 0 Å². The molecule has 41 heavy (non-hydrogen) atoms. The van der Waals surface area contributed by atoms with Gasteiger partial charge in [-0.2, -0.15) is 22.8 Å². The normalized spacial score (nSPS) is 24.4. The first-order valence-corrected chi connectivity index (χ1v) is 16.7. The summed E-state index contributed by atoms with van der Waals surface area (Å²) < 4.78 is 0. The van der Waals surface area contributed by atoms with E-state index in [-0.39, 0.29) is 19.5 Å². The van der Waals surface area contributed by atoms with Crippen molar-refractivity contribution in [1.82, 2.24) is 20.6 Å². The van der Waals surface area contributed by atoms with Gasteiger partial charge < -0.3 is 20.6 Å². The van der Waals surface area contributed by atoms with Gasteiger partial charge in [0, 0.05) is 24.2 Å². The van der Waals surface area contributed by atoms with Crippen LogP contribution in [0.4, 0.5) is 0 Å². The zero-order valence-corrected chi connectivity index (χ0v) is 30.4. The molecule has 0 fully saturated rings. The molecule has 5 heterocycles. The molecule has 0 spiro atoms. The van der Waals surface area contributed by atoms with Gasteiger partial charge in [0.05, 0.1) is 0 Å². The van der Waals surface area contributed by atoms with Crippen molar-refractivity contribution in [3.8, 4) is 0 Å². The molecule has 2 aromatic heterocycles. The maximum Gasteiger partial charge on any atom is 2.00 e. The van der Waals surface area contributed by atoms with Crippen LogP contribution >= 0.6 is 0 Å². The van der Waals surface area contributed by atoms with E-state index in [4.69, 9.17) is 9.97 Å². The number of nitrogens with one attached hydrogen (secondary N) is 2. The summed E-state index contributed by atoms with van der Waals surface area (Å²) in [6, 6.07) is 1.53. The van der Waals surface area contributed by atoms with Gasteiger partial charge >= 0.3 is 19.5 Å². The maximum atomic E-state index is 5.48. The summed E-state index contributed by atoms with van der Waals surface area (Å²) in [5.74, 6) is 0. The van der Waals surface area contributed by atoms with Crippen LogP contribution in [0, 0.1) is 0 Å². The molecule has 2 aromatic rings. The molecular formula is C36H54N4Zn. The Morgan fingerprint density at radius 2 is 0.634 bits per heavy atom. The van der Waals surface area contributed by atoms with Crippen molar-refractivity contribution in [3.63, 3.8) is 0 Å². The Balaban J connectivity index is 0.00000387. The first-order valence-electron chi connectivity index (χ1n) is 16.7. The van der Waals surface area contributed by atoms with Crippen LogP contribution in [0.15, 0.2) is 22.3 Å². The van der Waals surface area contributed by atoms with Crippen LogP contribution in [-0.2, 0) is 70.8 Å². The Morgan fingerprint density at radius 3 is 0.805 bits per heavy atom. The second-order valence-electron chi connectivity index (χ2n) is 12.2. The van der Waals surface area contributed by atoms with Crippen LogP contribution in [0.3, 0.4) is 0 Å². The monoisotopic (exact) mass is 606 g/mol. The van der Waals surface area contributed by atoms with E-state index in [1.165, 1.54) is 45.0 Å². The Hall–Kier alpha value is -1.42. The fourth-order valence-corrected chi connectivity index (χ4v) is 8.82. The molecule has 0 amide bonds. The van der Waals surface area contributed by atoms with Crippen molar-refractivity contribution in [1.29, 1.82) is 0 Å². The third kappa shape index (κ3) is 5.77. The molecule has 0 aliphatic carbocycles. The molecule has 0 saturated heterocycles. The molecule has 3 aliphatic rings. The van der Waals surface area contributed by atoms with E-state index in [1.54, 1.807) is 22.3 Å². The van der Waals surface area contributed by atoms with Gasteiger partial charge in [-0.1, -0.05) is 99.9 Å². The van der Waals surface area contributed by atoms with Crippen molar-refractivity contribution < 1.29 is 19.5 Å². The van der Waals surface area contributed by atoms with Gasteiger partial charge in [0.25, 0.3) is 0 Å². The Kier molecular flexibility index (Phi) is 11.0. The molecule has 3 aliphatic heterocycles. The summed E-state index contributed by atoms with van der Waals surface area (Å²) in [7, 11) is 0. The van der Waals surface area contributed by atoms with Gasteiger partial charge in [-0.05, 0) is 77.0 Å².